The van der Waals surface area contributed by atoms with Crippen LogP contribution in [0.1, 0.15) is 28.4 Å². The number of nitrogens with zero attached hydrogens (tertiary/aromatic N) is 1. The van der Waals surface area contributed by atoms with Crippen molar-refractivity contribution < 1.29 is 23.5 Å². The lowest BCUT2D eigenvalue weighted by Gasteiger charge is -2.37. The molecule has 3 aromatic carbocycles. The van der Waals surface area contributed by atoms with Gasteiger partial charge in [-0.15, -0.1) is 0 Å². The fraction of sp³-hybridized carbons (Fsp3) is 0.207. The van der Waals surface area contributed by atoms with Crippen LogP contribution in [0.2, 0.25) is 0 Å². The van der Waals surface area contributed by atoms with Gasteiger partial charge >= 0.3 is 5.97 Å². The van der Waals surface area contributed by atoms with Crippen molar-refractivity contribution in [3.8, 4) is 0 Å². The van der Waals surface area contributed by atoms with Crippen LogP contribution in [0.4, 0.5) is 15.8 Å². The number of hydrogen-bond acceptors (Lipinski definition) is 5. The summed E-state index contributed by atoms with van der Waals surface area (Å²) < 4.78 is 19.2. The molecule has 1 amide bonds. The molecule has 6 rings (SSSR count). The van der Waals surface area contributed by atoms with E-state index in [1.165, 1.54) is 24.3 Å². The number of hydrogen-bond donors (Lipinski definition) is 1. The van der Waals surface area contributed by atoms with Gasteiger partial charge in [0.15, 0.2) is 5.78 Å². The van der Waals surface area contributed by atoms with Gasteiger partial charge in [0.1, 0.15) is 17.3 Å². The Kier molecular flexibility index (Phi) is 5.03. The maximum atomic E-state index is 14.3. The number of benzene rings is 3. The van der Waals surface area contributed by atoms with Crippen LogP contribution in [0.5, 0.6) is 0 Å². The number of amides is 1. The molecule has 1 N–H and O–H groups in total. The number of carbonyl (C=O) groups excluding carboxylic acids is 3. The van der Waals surface area contributed by atoms with E-state index in [0.717, 1.165) is 11.3 Å². The number of halogens is 1. The van der Waals surface area contributed by atoms with Crippen molar-refractivity contribution >= 4 is 35.1 Å². The van der Waals surface area contributed by atoms with Crippen LogP contribution >= 0.6 is 0 Å². The molecule has 0 aliphatic carbocycles. The number of esters is 1. The Bertz CT molecular complexity index is 1430. The Balaban J connectivity index is 1.65. The lowest BCUT2D eigenvalue weighted by Crippen LogP contribution is -2.51. The van der Waals surface area contributed by atoms with Crippen molar-refractivity contribution in [2.45, 2.75) is 24.4 Å². The van der Waals surface area contributed by atoms with E-state index in [-0.39, 0.29) is 18.1 Å². The van der Waals surface area contributed by atoms with Crippen molar-refractivity contribution in [1.82, 2.24) is 0 Å². The molecular weight excluding hydrogens is 459 g/mol. The van der Waals surface area contributed by atoms with Crippen LogP contribution < -0.4 is 10.2 Å². The maximum absolute atomic E-state index is 14.3. The lowest BCUT2D eigenvalue weighted by molar-refractivity contribution is -0.145. The highest BCUT2D eigenvalue weighted by atomic mass is 19.1. The molecule has 3 aliphatic heterocycles. The van der Waals surface area contributed by atoms with Gasteiger partial charge in [0.05, 0.1) is 18.6 Å². The first-order valence-corrected chi connectivity index (χ1v) is 11.9. The molecule has 1 unspecified atom stereocenters. The summed E-state index contributed by atoms with van der Waals surface area (Å²) in [7, 11) is 0. The van der Waals surface area contributed by atoms with Crippen molar-refractivity contribution in [2.24, 2.45) is 5.92 Å². The lowest BCUT2D eigenvalue weighted by atomic mass is 9.64. The van der Waals surface area contributed by atoms with Crippen LogP contribution in [0, 0.1) is 11.7 Å². The third kappa shape index (κ3) is 2.92. The second-order valence-corrected chi connectivity index (χ2v) is 9.18. The van der Waals surface area contributed by atoms with Crippen LogP contribution in [-0.4, -0.2) is 36.4 Å². The van der Waals surface area contributed by atoms with E-state index in [1.807, 2.05) is 59.5 Å². The molecule has 36 heavy (non-hydrogen) atoms. The van der Waals surface area contributed by atoms with E-state index >= 15 is 0 Å². The Morgan fingerprint density at radius 1 is 1.03 bits per heavy atom. The molecule has 7 heteroatoms. The highest BCUT2D eigenvalue weighted by Crippen LogP contribution is 2.57. The quantitative estimate of drug-likeness (QED) is 0.442. The number of ketones is 1. The fourth-order valence-corrected chi connectivity index (χ4v) is 6.11. The summed E-state index contributed by atoms with van der Waals surface area (Å²) in [6, 6.07) is 18.3. The van der Waals surface area contributed by atoms with Crippen molar-refractivity contribution in [1.29, 1.82) is 0 Å². The molecule has 4 atom stereocenters. The van der Waals surface area contributed by atoms with Gasteiger partial charge < -0.3 is 15.0 Å². The summed E-state index contributed by atoms with van der Waals surface area (Å²) in [4.78, 5) is 43.8. The number of carbonyl (C=O) groups is 3. The average Bonchev–Trinajstić information content (AvgIpc) is 3.37. The van der Waals surface area contributed by atoms with Gasteiger partial charge in [-0.05, 0) is 54.4 Å². The first kappa shape index (κ1) is 22.2. The predicted octanol–water partition coefficient (Wildman–Crippen LogP) is 4.36. The summed E-state index contributed by atoms with van der Waals surface area (Å²) in [6.07, 6.45) is 3.83. The van der Waals surface area contributed by atoms with Crippen LogP contribution in [0.15, 0.2) is 78.9 Å². The smallest absolute Gasteiger partial charge is 0.329 e. The summed E-state index contributed by atoms with van der Waals surface area (Å²) in [5.74, 6) is -2.95. The first-order valence-electron chi connectivity index (χ1n) is 11.9. The summed E-state index contributed by atoms with van der Waals surface area (Å²) in [6.45, 7) is 1.83. The third-order valence-electron chi connectivity index (χ3n) is 7.48. The van der Waals surface area contributed by atoms with Gasteiger partial charge in [-0.1, -0.05) is 48.6 Å². The minimum atomic E-state index is -1.40. The largest absolute Gasteiger partial charge is 0.464 e. The third-order valence-corrected chi connectivity index (χ3v) is 7.48. The van der Waals surface area contributed by atoms with Crippen molar-refractivity contribution in [2.75, 3.05) is 16.8 Å². The van der Waals surface area contributed by atoms with Crippen LogP contribution in [0.3, 0.4) is 0 Å². The minimum Gasteiger partial charge on any atom is -0.464 e. The molecule has 1 spiro atoms. The number of ether oxygens (including phenoxy) is 1. The van der Waals surface area contributed by atoms with Gasteiger partial charge in [0.25, 0.3) is 0 Å². The van der Waals surface area contributed by atoms with Crippen LogP contribution in [-0.2, 0) is 19.7 Å². The van der Waals surface area contributed by atoms with E-state index in [0.29, 0.717) is 11.3 Å². The molecule has 180 valence electrons. The van der Waals surface area contributed by atoms with Gasteiger partial charge in [-0.25, -0.2) is 9.18 Å². The maximum Gasteiger partial charge on any atom is 0.329 e. The second-order valence-electron chi connectivity index (χ2n) is 9.18. The molecule has 3 heterocycles. The number of nitrogens with one attached hydrogen (secondary N) is 1. The van der Waals surface area contributed by atoms with E-state index < -0.39 is 41.0 Å². The molecule has 0 saturated carbocycles. The minimum absolute atomic E-state index is 0.124. The molecule has 0 bridgehead atoms. The molecule has 6 nitrogen and oxygen atoms in total. The number of rotatable bonds is 4. The number of Topliss-reactive ketones (excluding diaryl/α,β-unsaturated/α-hetero) is 1. The normalized spacial score (nSPS) is 25.2. The number of fused-ring (bicyclic) bond motifs is 6. The standard InChI is InChI=1S/C29H23FN2O4/c1-2-36-27(34)25-24(26(33)18-11-14-19(30)15-12-18)29(20-8-4-5-9-21(20)31-28(29)35)23-16-13-17-7-3-6-10-22(17)32(23)25/h3-16,23-25H,2H2,1H3,(H,31,35)/t23?,24-,25+,29+/m0/s1. The van der Waals surface area contributed by atoms with E-state index in [4.69, 9.17) is 4.74 Å². The van der Waals surface area contributed by atoms with Crippen LogP contribution in [0.25, 0.3) is 6.08 Å². The van der Waals surface area contributed by atoms with E-state index in [1.54, 1.807) is 13.0 Å². The zero-order valence-electron chi connectivity index (χ0n) is 19.5. The molecule has 3 aromatic rings. The summed E-state index contributed by atoms with van der Waals surface area (Å²) >= 11 is 0. The molecule has 1 fully saturated rings. The van der Waals surface area contributed by atoms with E-state index in [2.05, 4.69) is 5.32 Å². The predicted molar refractivity (Wildman–Crippen MR) is 133 cm³/mol. The average molecular weight is 483 g/mol. The van der Waals surface area contributed by atoms with Crippen molar-refractivity contribution in [3.05, 3.63) is 101 Å². The Hall–Kier alpha value is -4.26. The van der Waals surface area contributed by atoms with Gasteiger partial charge in [0, 0.05) is 16.9 Å². The number of para-hydroxylation sites is 2. The highest BCUT2D eigenvalue weighted by Gasteiger charge is 2.70. The molecule has 3 aliphatic rings. The Morgan fingerprint density at radius 3 is 2.53 bits per heavy atom. The second kappa shape index (κ2) is 8.16. The zero-order chi connectivity index (χ0) is 25.0. The summed E-state index contributed by atoms with van der Waals surface area (Å²) in [5.41, 5.74) is 1.71. The molecule has 0 radical (unpaired) electrons. The molecule has 0 aromatic heterocycles. The topological polar surface area (TPSA) is 75.7 Å². The SMILES string of the molecule is CCOC(=O)[C@H]1[C@@H](C(=O)c2ccc(F)cc2)[C@]2(C(=O)Nc3ccccc32)C2C=Cc3ccccc3N21. The van der Waals surface area contributed by atoms with Crippen molar-refractivity contribution in [3.63, 3.8) is 0 Å². The molecular formula is C29H23FN2O4. The van der Waals surface area contributed by atoms with Gasteiger partial charge in [0.2, 0.25) is 5.91 Å². The van der Waals surface area contributed by atoms with Gasteiger partial charge in [-0.2, -0.15) is 0 Å². The Labute approximate surface area is 207 Å². The Morgan fingerprint density at radius 2 is 1.75 bits per heavy atom. The van der Waals surface area contributed by atoms with E-state index in [9.17, 15) is 18.8 Å². The number of anilines is 2. The monoisotopic (exact) mass is 482 g/mol. The molecule has 1 saturated heterocycles. The van der Waals surface area contributed by atoms with Gasteiger partial charge in [-0.3, -0.25) is 9.59 Å². The fourth-order valence-electron chi connectivity index (χ4n) is 6.11. The zero-order valence-corrected chi connectivity index (χ0v) is 19.5. The summed E-state index contributed by atoms with van der Waals surface area (Å²) in [5, 5.41) is 2.96. The highest BCUT2D eigenvalue weighted by molar-refractivity contribution is 6.16. The first-order chi connectivity index (χ1) is 17.5.